The van der Waals surface area contributed by atoms with Gasteiger partial charge >= 0.3 is 0 Å². The van der Waals surface area contributed by atoms with Crippen LogP contribution >= 0.6 is 0 Å². The Bertz CT molecular complexity index is 263. The minimum atomic E-state index is 0.105. The zero-order valence-electron chi connectivity index (χ0n) is 6.76. The summed E-state index contributed by atoms with van der Waals surface area (Å²) in [5.74, 6) is 0.893. The summed E-state index contributed by atoms with van der Waals surface area (Å²) < 4.78 is 2.09. The van der Waals surface area contributed by atoms with E-state index >= 15 is 0 Å². The molecule has 0 saturated carbocycles. The quantitative estimate of drug-likeness (QED) is 0.571. The fraction of sp³-hybridized carbons (Fsp3) is 0.571. The van der Waals surface area contributed by atoms with Crippen LogP contribution in [0.5, 0.6) is 0 Å². The van der Waals surface area contributed by atoms with Crippen molar-refractivity contribution in [3.05, 3.63) is 12.4 Å². The molecule has 0 spiro atoms. The first kappa shape index (κ1) is 6.67. The summed E-state index contributed by atoms with van der Waals surface area (Å²) in [5, 5.41) is 0. The van der Waals surface area contributed by atoms with Gasteiger partial charge in [0.05, 0.1) is 0 Å². The highest BCUT2D eigenvalue weighted by molar-refractivity contribution is 5.27. The first-order valence-electron chi connectivity index (χ1n) is 3.72. The molecule has 4 nitrogen and oxygen atoms in total. The monoisotopic (exact) mass is 152 g/mol. The fourth-order valence-electron chi connectivity index (χ4n) is 1.25. The summed E-state index contributed by atoms with van der Waals surface area (Å²) in [4.78, 5) is 4.11. The van der Waals surface area contributed by atoms with Crippen molar-refractivity contribution in [1.82, 2.24) is 15.0 Å². The second-order valence-corrected chi connectivity index (χ2v) is 3.51. The molecule has 2 N–H and O–H groups in total. The Morgan fingerprint density at radius 1 is 1.64 bits per heavy atom. The Labute approximate surface area is 65.6 Å². The normalized spacial score (nSPS) is 20.5. The van der Waals surface area contributed by atoms with Crippen molar-refractivity contribution in [3.63, 3.8) is 0 Å². The Morgan fingerprint density at radius 3 is 3.27 bits per heavy atom. The molecule has 1 aromatic rings. The first-order chi connectivity index (χ1) is 5.17. The van der Waals surface area contributed by atoms with E-state index in [-0.39, 0.29) is 5.54 Å². The molecular weight excluding hydrogens is 140 g/mol. The van der Waals surface area contributed by atoms with Gasteiger partial charge in [-0.25, -0.2) is 10.4 Å². The van der Waals surface area contributed by atoms with Gasteiger partial charge in [-0.15, -0.1) is 0 Å². The van der Waals surface area contributed by atoms with Crippen LogP contribution < -0.4 is 10.9 Å². The SMILES string of the molecule is CC1(C)Cn2ccnc2NN1. The van der Waals surface area contributed by atoms with E-state index in [1.807, 2.05) is 6.20 Å². The highest BCUT2D eigenvalue weighted by Crippen LogP contribution is 2.15. The number of hydrogen-bond acceptors (Lipinski definition) is 3. The van der Waals surface area contributed by atoms with Crippen LogP contribution in [0.4, 0.5) is 5.95 Å². The fourth-order valence-corrected chi connectivity index (χ4v) is 1.25. The van der Waals surface area contributed by atoms with Gasteiger partial charge in [0.15, 0.2) is 0 Å². The summed E-state index contributed by atoms with van der Waals surface area (Å²) in [6.07, 6.45) is 3.77. The number of nitrogens with zero attached hydrogens (tertiary/aromatic N) is 2. The molecule has 0 fully saturated rings. The van der Waals surface area contributed by atoms with Gasteiger partial charge in [0.25, 0.3) is 0 Å². The summed E-state index contributed by atoms with van der Waals surface area (Å²) in [6.45, 7) is 5.24. The molecule has 2 heterocycles. The molecule has 0 aliphatic carbocycles. The van der Waals surface area contributed by atoms with E-state index in [4.69, 9.17) is 0 Å². The molecule has 0 atom stereocenters. The van der Waals surface area contributed by atoms with Gasteiger partial charge < -0.3 is 4.57 Å². The van der Waals surface area contributed by atoms with Crippen molar-refractivity contribution in [3.8, 4) is 0 Å². The van der Waals surface area contributed by atoms with Crippen LogP contribution in [0, 0.1) is 0 Å². The number of hydrazine groups is 1. The van der Waals surface area contributed by atoms with E-state index < -0.39 is 0 Å². The molecule has 0 amide bonds. The lowest BCUT2D eigenvalue weighted by molar-refractivity contribution is 0.336. The Kier molecular flexibility index (Phi) is 1.20. The highest BCUT2D eigenvalue weighted by Gasteiger charge is 2.23. The van der Waals surface area contributed by atoms with Gasteiger partial charge in [0.2, 0.25) is 5.95 Å². The molecule has 60 valence electrons. The Balaban J connectivity index is 2.32. The number of hydrogen-bond donors (Lipinski definition) is 2. The number of nitrogens with one attached hydrogen (secondary N) is 2. The van der Waals surface area contributed by atoms with E-state index in [1.165, 1.54) is 0 Å². The van der Waals surface area contributed by atoms with E-state index in [0.717, 1.165) is 12.5 Å². The van der Waals surface area contributed by atoms with Crippen molar-refractivity contribution in [1.29, 1.82) is 0 Å². The zero-order valence-corrected chi connectivity index (χ0v) is 6.76. The second-order valence-electron chi connectivity index (χ2n) is 3.51. The standard InChI is InChI=1S/C7H12N4/c1-7(2)5-11-4-3-8-6(11)9-10-7/h3-4,10H,5H2,1-2H3,(H,8,9). The van der Waals surface area contributed by atoms with Crippen LogP contribution in [0.2, 0.25) is 0 Å². The van der Waals surface area contributed by atoms with Crippen molar-refractivity contribution < 1.29 is 0 Å². The molecule has 11 heavy (non-hydrogen) atoms. The lowest BCUT2D eigenvalue weighted by Gasteiger charge is -2.32. The smallest absolute Gasteiger partial charge is 0.217 e. The lowest BCUT2D eigenvalue weighted by Crippen LogP contribution is -2.50. The summed E-state index contributed by atoms with van der Waals surface area (Å²) >= 11 is 0. The second kappa shape index (κ2) is 1.98. The number of anilines is 1. The van der Waals surface area contributed by atoms with Crippen LogP contribution in [0.3, 0.4) is 0 Å². The molecular formula is C7H12N4. The number of aromatic nitrogens is 2. The Hall–Kier alpha value is -1.03. The van der Waals surface area contributed by atoms with Gasteiger partial charge in [0, 0.05) is 24.5 Å². The zero-order chi connectivity index (χ0) is 7.90. The number of rotatable bonds is 0. The minimum absolute atomic E-state index is 0.105. The van der Waals surface area contributed by atoms with Crippen LogP contribution in [0.15, 0.2) is 12.4 Å². The van der Waals surface area contributed by atoms with Gasteiger partial charge in [-0.1, -0.05) is 0 Å². The highest BCUT2D eigenvalue weighted by atomic mass is 15.5. The third kappa shape index (κ3) is 1.09. The Morgan fingerprint density at radius 2 is 2.45 bits per heavy atom. The third-order valence-corrected chi connectivity index (χ3v) is 1.79. The van der Waals surface area contributed by atoms with Crippen molar-refractivity contribution >= 4 is 5.95 Å². The van der Waals surface area contributed by atoms with E-state index in [2.05, 4.69) is 34.3 Å². The van der Waals surface area contributed by atoms with Crippen molar-refractivity contribution in [2.75, 3.05) is 5.43 Å². The van der Waals surface area contributed by atoms with Gasteiger partial charge in [-0.3, -0.25) is 5.43 Å². The molecule has 0 saturated heterocycles. The van der Waals surface area contributed by atoms with Gasteiger partial charge in [0.1, 0.15) is 0 Å². The maximum atomic E-state index is 4.11. The molecule has 0 radical (unpaired) electrons. The van der Waals surface area contributed by atoms with Gasteiger partial charge in [-0.05, 0) is 13.8 Å². The van der Waals surface area contributed by atoms with E-state index in [9.17, 15) is 0 Å². The van der Waals surface area contributed by atoms with Crippen molar-refractivity contribution in [2.24, 2.45) is 0 Å². The number of fused-ring (bicyclic) bond motifs is 1. The predicted octanol–water partition coefficient (Wildman–Crippen LogP) is 0.592. The predicted molar refractivity (Wildman–Crippen MR) is 43.1 cm³/mol. The van der Waals surface area contributed by atoms with Crippen LogP contribution in [0.1, 0.15) is 13.8 Å². The maximum absolute atomic E-state index is 4.11. The molecule has 0 aromatic carbocycles. The van der Waals surface area contributed by atoms with Crippen LogP contribution in [-0.4, -0.2) is 15.1 Å². The molecule has 0 unspecified atom stereocenters. The molecule has 1 aliphatic rings. The summed E-state index contributed by atoms with van der Waals surface area (Å²) in [7, 11) is 0. The summed E-state index contributed by atoms with van der Waals surface area (Å²) in [5.41, 5.74) is 6.31. The average Bonchev–Trinajstić information content (AvgIpc) is 2.31. The van der Waals surface area contributed by atoms with Gasteiger partial charge in [-0.2, -0.15) is 0 Å². The van der Waals surface area contributed by atoms with E-state index in [0.29, 0.717) is 0 Å². The third-order valence-electron chi connectivity index (χ3n) is 1.79. The topological polar surface area (TPSA) is 41.9 Å². The average molecular weight is 152 g/mol. The first-order valence-corrected chi connectivity index (χ1v) is 3.72. The largest absolute Gasteiger partial charge is 0.315 e. The molecule has 2 rings (SSSR count). The molecule has 1 aromatic heterocycles. The van der Waals surface area contributed by atoms with E-state index in [1.54, 1.807) is 6.20 Å². The lowest BCUT2D eigenvalue weighted by atomic mass is 10.1. The number of imidazole rings is 1. The summed E-state index contributed by atoms with van der Waals surface area (Å²) in [6, 6.07) is 0. The van der Waals surface area contributed by atoms with Crippen LogP contribution in [-0.2, 0) is 6.54 Å². The molecule has 0 bridgehead atoms. The van der Waals surface area contributed by atoms with Crippen LogP contribution in [0.25, 0.3) is 0 Å². The molecule has 4 heteroatoms. The maximum Gasteiger partial charge on any atom is 0.217 e. The van der Waals surface area contributed by atoms with Crippen molar-refractivity contribution in [2.45, 2.75) is 25.9 Å². The minimum Gasteiger partial charge on any atom is -0.315 e. The molecule has 1 aliphatic heterocycles.